The minimum atomic E-state index is -0.252. The van der Waals surface area contributed by atoms with Crippen LogP contribution in [0.25, 0.3) is 16.9 Å². The van der Waals surface area contributed by atoms with Crippen molar-refractivity contribution in [2.75, 3.05) is 13.6 Å². The van der Waals surface area contributed by atoms with E-state index in [0.717, 1.165) is 48.3 Å². The number of unbranched alkanes of at least 4 members (excludes halogenated alkanes) is 2. The number of amides is 1. The molecule has 0 atom stereocenters. The van der Waals surface area contributed by atoms with Crippen LogP contribution < -0.4 is 0 Å². The SMILES string of the molecule is CN(CCCCCc1cc(-c2ccc(F)cc2)n[nH]1)C(=O)c1cnn(-c2ccccc2)c1. The zero-order valence-electron chi connectivity index (χ0n) is 18.0. The molecule has 0 radical (unpaired) electrons. The molecule has 1 N–H and O–H groups in total. The van der Waals surface area contributed by atoms with Gasteiger partial charge in [0.05, 0.1) is 23.1 Å². The molecule has 0 aliphatic rings. The summed E-state index contributed by atoms with van der Waals surface area (Å²) in [5.74, 6) is -0.275. The molecule has 32 heavy (non-hydrogen) atoms. The second kappa shape index (κ2) is 10.0. The molecule has 4 rings (SSSR count). The number of hydrogen-bond acceptors (Lipinski definition) is 3. The molecule has 0 spiro atoms. The van der Waals surface area contributed by atoms with Crippen molar-refractivity contribution in [3.05, 3.63) is 90.1 Å². The molecular formula is C25H26FN5O. The Morgan fingerprint density at radius 1 is 1.06 bits per heavy atom. The Balaban J connectivity index is 1.20. The number of hydrogen-bond donors (Lipinski definition) is 1. The molecule has 0 fully saturated rings. The van der Waals surface area contributed by atoms with Crippen LogP contribution in [0.3, 0.4) is 0 Å². The first kappa shape index (κ1) is 21.5. The summed E-state index contributed by atoms with van der Waals surface area (Å²) in [6, 6.07) is 18.1. The lowest BCUT2D eigenvalue weighted by molar-refractivity contribution is 0.0792. The zero-order valence-corrected chi connectivity index (χ0v) is 18.0. The maximum absolute atomic E-state index is 13.1. The highest BCUT2D eigenvalue weighted by Crippen LogP contribution is 2.19. The summed E-state index contributed by atoms with van der Waals surface area (Å²) in [5.41, 5.74) is 4.28. The molecule has 7 heteroatoms. The quantitative estimate of drug-likeness (QED) is 0.384. The van der Waals surface area contributed by atoms with Crippen LogP contribution in [-0.2, 0) is 6.42 Å². The van der Waals surface area contributed by atoms with E-state index < -0.39 is 0 Å². The number of nitrogens with one attached hydrogen (secondary N) is 1. The summed E-state index contributed by atoms with van der Waals surface area (Å²) in [7, 11) is 1.83. The third-order valence-electron chi connectivity index (χ3n) is 5.41. The van der Waals surface area contributed by atoms with E-state index in [9.17, 15) is 9.18 Å². The first-order valence-electron chi connectivity index (χ1n) is 10.8. The van der Waals surface area contributed by atoms with Crippen LogP contribution in [0.5, 0.6) is 0 Å². The van der Waals surface area contributed by atoms with Gasteiger partial charge in [-0.05, 0) is 61.7 Å². The Kier molecular flexibility index (Phi) is 6.75. The van der Waals surface area contributed by atoms with E-state index >= 15 is 0 Å². The monoisotopic (exact) mass is 431 g/mol. The molecule has 0 aliphatic carbocycles. The molecular weight excluding hydrogens is 405 g/mol. The summed E-state index contributed by atoms with van der Waals surface area (Å²) < 4.78 is 14.8. The number of H-pyrrole nitrogens is 1. The van der Waals surface area contributed by atoms with Gasteiger partial charge in [-0.3, -0.25) is 9.89 Å². The average molecular weight is 432 g/mol. The summed E-state index contributed by atoms with van der Waals surface area (Å²) in [6.45, 7) is 0.694. The Morgan fingerprint density at radius 3 is 2.62 bits per heavy atom. The van der Waals surface area contributed by atoms with Gasteiger partial charge >= 0.3 is 0 Å². The predicted octanol–water partition coefficient (Wildman–Crippen LogP) is 4.89. The van der Waals surface area contributed by atoms with Gasteiger partial charge in [-0.2, -0.15) is 10.2 Å². The van der Waals surface area contributed by atoms with Gasteiger partial charge in [-0.15, -0.1) is 0 Å². The van der Waals surface area contributed by atoms with Crippen molar-refractivity contribution >= 4 is 5.91 Å². The molecule has 4 aromatic rings. The predicted molar refractivity (Wildman–Crippen MR) is 122 cm³/mol. The molecule has 0 unspecified atom stereocenters. The Hall–Kier alpha value is -3.74. The van der Waals surface area contributed by atoms with Crippen molar-refractivity contribution < 1.29 is 9.18 Å². The van der Waals surface area contributed by atoms with Crippen LogP contribution in [0.2, 0.25) is 0 Å². The van der Waals surface area contributed by atoms with Crippen LogP contribution in [0.1, 0.15) is 35.3 Å². The zero-order chi connectivity index (χ0) is 22.3. The van der Waals surface area contributed by atoms with Crippen molar-refractivity contribution in [1.82, 2.24) is 24.9 Å². The first-order valence-corrected chi connectivity index (χ1v) is 10.8. The number of benzene rings is 2. The van der Waals surface area contributed by atoms with Crippen molar-refractivity contribution in [2.45, 2.75) is 25.7 Å². The number of para-hydroxylation sites is 1. The molecule has 0 aliphatic heterocycles. The normalized spacial score (nSPS) is 10.9. The van der Waals surface area contributed by atoms with Gasteiger partial charge in [0.2, 0.25) is 0 Å². The van der Waals surface area contributed by atoms with Gasteiger partial charge in [0.1, 0.15) is 5.82 Å². The number of aryl methyl sites for hydroxylation is 1. The number of halogens is 1. The number of nitrogens with zero attached hydrogens (tertiary/aromatic N) is 4. The molecule has 0 saturated heterocycles. The van der Waals surface area contributed by atoms with Gasteiger partial charge in [0, 0.05) is 31.0 Å². The molecule has 2 aromatic heterocycles. The van der Waals surface area contributed by atoms with Crippen LogP contribution in [0.15, 0.2) is 73.1 Å². The fourth-order valence-electron chi connectivity index (χ4n) is 3.58. The fraction of sp³-hybridized carbons (Fsp3) is 0.240. The molecule has 1 amide bonds. The third kappa shape index (κ3) is 5.29. The topological polar surface area (TPSA) is 66.8 Å². The van der Waals surface area contributed by atoms with Gasteiger partial charge in [0.15, 0.2) is 0 Å². The number of carbonyl (C=O) groups excluding carboxylic acids is 1. The van der Waals surface area contributed by atoms with Crippen LogP contribution >= 0.6 is 0 Å². The maximum atomic E-state index is 13.1. The largest absolute Gasteiger partial charge is 0.342 e. The van der Waals surface area contributed by atoms with E-state index in [1.165, 1.54) is 12.1 Å². The van der Waals surface area contributed by atoms with Gasteiger partial charge in [-0.25, -0.2) is 9.07 Å². The second-order valence-electron chi connectivity index (χ2n) is 7.83. The lowest BCUT2D eigenvalue weighted by atomic mass is 10.1. The number of carbonyl (C=O) groups is 1. The Bertz CT molecular complexity index is 1150. The van der Waals surface area contributed by atoms with Gasteiger partial charge in [0.25, 0.3) is 5.91 Å². The number of rotatable bonds is 9. The van der Waals surface area contributed by atoms with Crippen molar-refractivity contribution in [2.24, 2.45) is 0 Å². The molecule has 164 valence electrons. The molecule has 0 bridgehead atoms. The number of aromatic amines is 1. The minimum absolute atomic E-state index is 0.0234. The van der Waals surface area contributed by atoms with E-state index in [1.807, 2.05) is 43.4 Å². The third-order valence-corrected chi connectivity index (χ3v) is 5.41. The highest BCUT2D eigenvalue weighted by molar-refractivity contribution is 5.93. The number of aromatic nitrogens is 4. The van der Waals surface area contributed by atoms with Crippen LogP contribution in [0, 0.1) is 5.82 Å². The van der Waals surface area contributed by atoms with E-state index in [4.69, 9.17) is 0 Å². The van der Waals surface area contributed by atoms with Gasteiger partial charge < -0.3 is 4.90 Å². The van der Waals surface area contributed by atoms with E-state index in [1.54, 1.807) is 34.1 Å². The fourth-order valence-corrected chi connectivity index (χ4v) is 3.58. The minimum Gasteiger partial charge on any atom is -0.342 e. The standard InChI is InChI=1S/C25H26FN5O/c1-30(25(32)20-17-27-31(18-20)23-9-5-2-6-10-23)15-7-3-4-8-22-16-24(29-28-22)19-11-13-21(26)14-12-19/h2,5-6,9-14,16-18H,3-4,7-8,15H2,1H3,(H,28,29). The molecule has 2 heterocycles. The van der Waals surface area contributed by atoms with Gasteiger partial charge in [-0.1, -0.05) is 24.6 Å². The lowest BCUT2D eigenvalue weighted by Gasteiger charge is -2.15. The van der Waals surface area contributed by atoms with Crippen LogP contribution in [0.4, 0.5) is 4.39 Å². The Labute approximate surface area is 186 Å². The summed E-state index contributed by atoms with van der Waals surface area (Å²) in [5, 5.41) is 11.7. The highest BCUT2D eigenvalue weighted by atomic mass is 19.1. The van der Waals surface area contributed by atoms with Crippen molar-refractivity contribution in [3.8, 4) is 16.9 Å². The van der Waals surface area contributed by atoms with Crippen LogP contribution in [-0.4, -0.2) is 44.4 Å². The maximum Gasteiger partial charge on any atom is 0.256 e. The summed E-state index contributed by atoms with van der Waals surface area (Å²) >= 11 is 0. The second-order valence-corrected chi connectivity index (χ2v) is 7.83. The molecule has 0 saturated carbocycles. The first-order chi connectivity index (χ1) is 15.6. The highest BCUT2D eigenvalue weighted by Gasteiger charge is 2.14. The summed E-state index contributed by atoms with van der Waals surface area (Å²) in [4.78, 5) is 14.4. The summed E-state index contributed by atoms with van der Waals surface area (Å²) in [6.07, 6.45) is 7.20. The van der Waals surface area contributed by atoms with E-state index in [2.05, 4.69) is 15.3 Å². The molecule has 6 nitrogen and oxygen atoms in total. The van der Waals surface area contributed by atoms with E-state index in [0.29, 0.717) is 12.1 Å². The average Bonchev–Trinajstić information content (AvgIpc) is 3.50. The van der Waals surface area contributed by atoms with Crippen molar-refractivity contribution in [1.29, 1.82) is 0 Å². The smallest absolute Gasteiger partial charge is 0.256 e. The Morgan fingerprint density at radius 2 is 1.84 bits per heavy atom. The van der Waals surface area contributed by atoms with E-state index in [-0.39, 0.29) is 11.7 Å². The lowest BCUT2D eigenvalue weighted by Crippen LogP contribution is -2.27. The molecule has 2 aromatic carbocycles. The van der Waals surface area contributed by atoms with Crippen molar-refractivity contribution in [3.63, 3.8) is 0 Å².